The Balaban J connectivity index is 2.71. The summed E-state index contributed by atoms with van der Waals surface area (Å²) < 4.78 is 0. The Morgan fingerprint density at radius 3 is 2.47 bits per heavy atom. The van der Waals surface area contributed by atoms with Crippen molar-refractivity contribution >= 4 is 17.3 Å². The third-order valence-electron chi connectivity index (χ3n) is 2.09. The molecule has 0 radical (unpaired) electrons. The minimum Gasteiger partial charge on any atom is -0.286 e. The quantitative estimate of drug-likeness (QED) is 0.300. The van der Waals surface area contributed by atoms with Gasteiger partial charge in [-0.15, -0.1) is 0 Å². The number of carbonyl (C=O) groups excluding carboxylic acids is 2. The van der Waals surface area contributed by atoms with E-state index in [4.69, 9.17) is 5.53 Å². The van der Waals surface area contributed by atoms with Gasteiger partial charge in [-0.05, 0) is 17.2 Å². The largest absolute Gasteiger partial charge is 0.286 e. The number of hydrogen-bond donors (Lipinski definition) is 0. The summed E-state index contributed by atoms with van der Waals surface area (Å²) in [4.78, 5) is 25.3. The van der Waals surface area contributed by atoms with E-state index in [2.05, 4.69) is 10.0 Å². The molecule has 0 unspecified atom stereocenters. The minimum absolute atomic E-state index is 0.192. The molecule has 0 aliphatic heterocycles. The van der Waals surface area contributed by atoms with Crippen LogP contribution in [0.2, 0.25) is 0 Å². The Morgan fingerprint density at radius 2 is 1.80 bits per heavy atom. The van der Waals surface area contributed by atoms with E-state index in [0.29, 0.717) is 5.56 Å². The van der Waals surface area contributed by atoms with Gasteiger partial charge in [0.25, 0.3) is 0 Å². The molecular weight excluding hydrogens is 194 g/mol. The predicted octanol–water partition coefficient (Wildman–Crippen LogP) is 2.10. The van der Waals surface area contributed by atoms with Crippen LogP contribution in [0.5, 0.6) is 0 Å². The van der Waals surface area contributed by atoms with Crippen molar-refractivity contribution in [1.82, 2.24) is 0 Å². The molecule has 1 aromatic rings. The SMILES string of the molecule is [N-]=[N+]=NC1=CC(=O)C(=O)c2ccccc21. The van der Waals surface area contributed by atoms with Gasteiger partial charge in [0.15, 0.2) is 0 Å². The molecule has 0 saturated carbocycles. The lowest BCUT2D eigenvalue weighted by molar-refractivity contribution is -0.111. The van der Waals surface area contributed by atoms with Crippen molar-refractivity contribution in [2.24, 2.45) is 5.11 Å². The molecule has 15 heavy (non-hydrogen) atoms. The van der Waals surface area contributed by atoms with E-state index >= 15 is 0 Å². The highest BCUT2D eigenvalue weighted by Gasteiger charge is 2.24. The van der Waals surface area contributed by atoms with E-state index in [9.17, 15) is 9.59 Å². The maximum absolute atomic E-state index is 11.4. The van der Waals surface area contributed by atoms with Gasteiger partial charge in [-0.1, -0.05) is 29.4 Å². The standard InChI is InChI=1S/C10H5N3O2/c11-13-12-8-5-9(14)10(15)7-4-2-1-3-6(7)8/h1-5H. The Bertz CT molecular complexity index is 539. The number of ketones is 2. The zero-order valence-corrected chi connectivity index (χ0v) is 7.54. The summed E-state index contributed by atoms with van der Waals surface area (Å²) in [5.74, 6) is -1.22. The fourth-order valence-corrected chi connectivity index (χ4v) is 1.44. The first-order chi connectivity index (χ1) is 7.24. The van der Waals surface area contributed by atoms with Crippen molar-refractivity contribution < 1.29 is 9.59 Å². The van der Waals surface area contributed by atoms with Gasteiger partial charge in [-0.25, -0.2) is 0 Å². The van der Waals surface area contributed by atoms with Crippen molar-refractivity contribution in [2.75, 3.05) is 0 Å². The molecule has 0 N–H and O–H groups in total. The van der Waals surface area contributed by atoms with Crippen LogP contribution < -0.4 is 0 Å². The number of fused-ring (bicyclic) bond motifs is 1. The van der Waals surface area contributed by atoms with Crippen molar-refractivity contribution in [2.45, 2.75) is 0 Å². The Labute approximate surface area is 84.7 Å². The van der Waals surface area contributed by atoms with Crippen LogP contribution in [0.25, 0.3) is 16.1 Å². The van der Waals surface area contributed by atoms with E-state index in [1.165, 1.54) is 6.07 Å². The summed E-state index contributed by atoms with van der Waals surface area (Å²) in [6, 6.07) is 6.54. The Kier molecular flexibility index (Phi) is 2.08. The van der Waals surface area contributed by atoms with Crippen molar-refractivity contribution in [3.05, 3.63) is 51.9 Å². The third kappa shape index (κ3) is 1.41. The van der Waals surface area contributed by atoms with E-state index in [1.807, 2.05) is 0 Å². The number of rotatable bonds is 1. The third-order valence-corrected chi connectivity index (χ3v) is 2.09. The Hall–Kier alpha value is -2.39. The fraction of sp³-hybridized carbons (Fsp3) is 0. The second kappa shape index (κ2) is 3.40. The summed E-state index contributed by atoms with van der Waals surface area (Å²) in [5.41, 5.74) is 9.29. The van der Waals surface area contributed by atoms with Gasteiger partial charge >= 0.3 is 0 Å². The summed E-state index contributed by atoms with van der Waals surface area (Å²) in [5, 5.41) is 3.38. The predicted molar refractivity (Wildman–Crippen MR) is 52.9 cm³/mol. The van der Waals surface area contributed by atoms with Gasteiger partial charge in [-0.2, -0.15) is 0 Å². The number of azide groups is 1. The molecule has 2 rings (SSSR count). The highest BCUT2D eigenvalue weighted by molar-refractivity contribution is 6.50. The van der Waals surface area contributed by atoms with Crippen LogP contribution in [-0.2, 0) is 4.79 Å². The molecule has 1 aliphatic carbocycles. The molecule has 0 atom stereocenters. The number of benzene rings is 1. The van der Waals surface area contributed by atoms with Crippen LogP contribution in [0.15, 0.2) is 35.5 Å². The van der Waals surface area contributed by atoms with Crippen LogP contribution in [0.1, 0.15) is 15.9 Å². The summed E-state index contributed by atoms with van der Waals surface area (Å²) in [7, 11) is 0. The molecule has 0 bridgehead atoms. The molecule has 0 aromatic heterocycles. The molecule has 0 spiro atoms. The molecule has 72 valence electrons. The van der Waals surface area contributed by atoms with Gasteiger partial charge in [0.2, 0.25) is 11.6 Å². The number of allylic oxidation sites excluding steroid dienone is 1. The van der Waals surface area contributed by atoms with E-state index in [-0.39, 0.29) is 11.3 Å². The summed E-state index contributed by atoms with van der Waals surface area (Å²) in [6.07, 6.45) is 1.06. The van der Waals surface area contributed by atoms with Crippen LogP contribution in [0, 0.1) is 0 Å². The number of carbonyl (C=O) groups is 2. The molecule has 1 aromatic carbocycles. The average Bonchev–Trinajstić information content (AvgIpc) is 2.26. The summed E-state index contributed by atoms with van der Waals surface area (Å²) >= 11 is 0. The lowest BCUT2D eigenvalue weighted by atomic mass is 9.93. The first-order valence-electron chi connectivity index (χ1n) is 4.19. The fourth-order valence-electron chi connectivity index (χ4n) is 1.44. The van der Waals surface area contributed by atoms with Crippen LogP contribution in [-0.4, -0.2) is 11.6 Å². The molecule has 0 heterocycles. The first-order valence-corrected chi connectivity index (χ1v) is 4.19. The highest BCUT2D eigenvalue weighted by atomic mass is 16.2. The average molecular weight is 199 g/mol. The van der Waals surface area contributed by atoms with Crippen LogP contribution >= 0.6 is 0 Å². The van der Waals surface area contributed by atoms with Crippen molar-refractivity contribution in [3.8, 4) is 0 Å². The second-order valence-electron chi connectivity index (χ2n) is 2.96. The molecule has 0 saturated heterocycles. The smallest absolute Gasteiger partial charge is 0.233 e. The number of Topliss-reactive ketones (excluding diaryl/α,β-unsaturated/α-hetero) is 1. The molecule has 5 heteroatoms. The molecule has 5 nitrogen and oxygen atoms in total. The van der Waals surface area contributed by atoms with Gasteiger partial charge in [-0.3, -0.25) is 9.59 Å². The van der Waals surface area contributed by atoms with Gasteiger partial charge in [0, 0.05) is 16.2 Å². The van der Waals surface area contributed by atoms with E-state index in [1.54, 1.807) is 18.2 Å². The van der Waals surface area contributed by atoms with Crippen molar-refractivity contribution in [1.29, 1.82) is 0 Å². The molecule has 0 fully saturated rings. The van der Waals surface area contributed by atoms with E-state index < -0.39 is 11.6 Å². The number of hydrogen-bond acceptors (Lipinski definition) is 3. The van der Waals surface area contributed by atoms with Crippen LogP contribution in [0.3, 0.4) is 0 Å². The lowest BCUT2D eigenvalue weighted by Crippen LogP contribution is -2.17. The first kappa shape index (κ1) is 9.18. The molecule has 0 amide bonds. The number of nitrogens with zero attached hydrogens (tertiary/aromatic N) is 3. The maximum Gasteiger partial charge on any atom is 0.233 e. The lowest BCUT2D eigenvalue weighted by Gasteiger charge is -2.11. The van der Waals surface area contributed by atoms with Gasteiger partial charge < -0.3 is 0 Å². The second-order valence-corrected chi connectivity index (χ2v) is 2.96. The van der Waals surface area contributed by atoms with E-state index in [0.717, 1.165) is 6.08 Å². The Morgan fingerprint density at radius 1 is 1.13 bits per heavy atom. The molecular formula is C10H5N3O2. The highest BCUT2D eigenvalue weighted by Crippen LogP contribution is 2.25. The van der Waals surface area contributed by atoms with Gasteiger partial charge in [0.1, 0.15) is 0 Å². The van der Waals surface area contributed by atoms with Crippen LogP contribution in [0.4, 0.5) is 0 Å². The summed E-state index contributed by atoms with van der Waals surface area (Å²) in [6.45, 7) is 0. The maximum atomic E-state index is 11.4. The zero-order chi connectivity index (χ0) is 10.8. The molecule has 1 aliphatic rings. The van der Waals surface area contributed by atoms with Crippen molar-refractivity contribution in [3.63, 3.8) is 0 Å². The topological polar surface area (TPSA) is 82.9 Å². The minimum atomic E-state index is -0.656. The van der Waals surface area contributed by atoms with Gasteiger partial charge in [0.05, 0.1) is 0 Å². The zero-order valence-electron chi connectivity index (χ0n) is 7.54. The normalized spacial score (nSPS) is 14.0. The monoisotopic (exact) mass is 199 g/mol.